The van der Waals surface area contributed by atoms with Crippen LogP contribution < -0.4 is 0 Å². The molecule has 0 radical (unpaired) electrons. The molecule has 0 saturated heterocycles. The summed E-state index contributed by atoms with van der Waals surface area (Å²) in [6.45, 7) is 0. The molecule has 1 aromatic carbocycles. The van der Waals surface area contributed by atoms with Gasteiger partial charge in [0.2, 0.25) is 0 Å². The van der Waals surface area contributed by atoms with Crippen molar-refractivity contribution >= 4 is 17.6 Å². The van der Waals surface area contributed by atoms with E-state index in [1.165, 1.54) is 5.56 Å². The maximum atomic E-state index is 4.57. The molecule has 3 nitrogen and oxygen atoms in total. The van der Waals surface area contributed by atoms with Crippen molar-refractivity contribution in [3.63, 3.8) is 0 Å². The normalized spacial score (nSPS) is 23.3. The molecule has 2 aliphatic rings. The van der Waals surface area contributed by atoms with Crippen LogP contribution in [-0.4, -0.2) is 28.5 Å². The molecular formula is C12H13N3S. The zero-order valence-electron chi connectivity index (χ0n) is 9.08. The third-order valence-electron chi connectivity index (χ3n) is 2.82. The molecule has 0 aromatic heterocycles. The standard InChI is InChI=1S/C12H13N3S/c1-14-12(10-5-3-2-4-6-10)15-7-8-16-9-11(15)13-14/h2-8,12H,9H2,1H3. The van der Waals surface area contributed by atoms with Gasteiger partial charge in [-0.25, -0.2) is 0 Å². The number of thioether (sulfide) groups is 1. The molecule has 0 spiro atoms. The zero-order valence-corrected chi connectivity index (χ0v) is 9.89. The van der Waals surface area contributed by atoms with Crippen LogP contribution in [0.4, 0.5) is 0 Å². The van der Waals surface area contributed by atoms with E-state index in [-0.39, 0.29) is 6.17 Å². The molecule has 82 valence electrons. The maximum Gasteiger partial charge on any atom is 0.149 e. The average Bonchev–Trinajstić information content (AvgIpc) is 2.66. The van der Waals surface area contributed by atoms with E-state index >= 15 is 0 Å². The maximum absolute atomic E-state index is 4.57. The van der Waals surface area contributed by atoms with Crippen molar-refractivity contribution in [1.29, 1.82) is 0 Å². The lowest BCUT2D eigenvalue weighted by molar-refractivity contribution is 0.196. The Morgan fingerprint density at radius 2 is 2.12 bits per heavy atom. The van der Waals surface area contributed by atoms with Gasteiger partial charge in [-0.3, -0.25) is 5.01 Å². The lowest BCUT2D eigenvalue weighted by Gasteiger charge is -2.29. The van der Waals surface area contributed by atoms with E-state index in [2.05, 4.69) is 45.9 Å². The minimum atomic E-state index is 0.216. The quantitative estimate of drug-likeness (QED) is 0.740. The van der Waals surface area contributed by atoms with Crippen LogP contribution in [-0.2, 0) is 0 Å². The highest BCUT2D eigenvalue weighted by Crippen LogP contribution is 2.33. The first kappa shape index (κ1) is 9.78. The summed E-state index contributed by atoms with van der Waals surface area (Å²) in [5, 5.41) is 8.73. The lowest BCUT2D eigenvalue weighted by atomic mass is 10.1. The van der Waals surface area contributed by atoms with E-state index in [0.717, 1.165) is 11.6 Å². The largest absolute Gasteiger partial charge is 0.307 e. The fourth-order valence-corrected chi connectivity index (χ4v) is 2.78. The first-order valence-electron chi connectivity index (χ1n) is 5.28. The van der Waals surface area contributed by atoms with Crippen LogP contribution in [0.1, 0.15) is 11.7 Å². The third kappa shape index (κ3) is 1.50. The highest BCUT2D eigenvalue weighted by Gasteiger charge is 2.32. The Labute approximate surface area is 99.4 Å². The van der Waals surface area contributed by atoms with Crippen LogP contribution in [0.15, 0.2) is 47.0 Å². The van der Waals surface area contributed by atoms with Gasteiger partial charge in [0.25, 0.3) is 0 Å². The lowest BCUT2D eigenvalue weighted by Crippen LogP contribution is -2.31. The van der Waals surface area contributed by atoms with E-state index in [4.69, 9.17) is 0 Å². The molecular weight excluding hydrogens is 218 g/mol. The number of hydrogen-bond donors (Lipinski definition) is 0. The Hall–Kier alpha value is -1.42. The van der Waals surface area contributed by atoms with Crippen LogP contribution in [0.25, 0.3) is 0 Å². The summed E-state index contributed by atoms with van der Waals surface area (Å²) < 4.78 is 0. The molecule has 16 heavy (non-hydrogen) atoms. The van der Waals surface area contributed by atoms with Crippen molar-refractivity contribution in [2.45, 2.75) is 6.17 Å². The smallest absolute Gasteiger partial charge is 0.149 e. The highest BCUT2D eigenvalue weighted by atomic mass is 32.2. The Morgan fingerprint density at radius 3 is 2.94 bits per heavy atom. The average molecular weight is 231 g/mol. The van der Waals surface area contributed by atoms with Crippen LogP contribution in [0.5, 0.6) is 0 Å². The van der Waals surface area contributed by atoms with Crippen molar-refractivity contribution in [3.8, 4) is 0 Å². The Kier molecular flexibility index (Phi) is 2.36. The second-order valence-electron chi connectivity index (χ2n) is 3.88. The van der Waals surface area contributed by atoms with Crippen molar-refractivity contribution in [1.82, 2.24) is 9.91 Å². The van der Waals surface area contributed by atoms with Crippen LogP contribution in [0, 0.1) is 0 Å². The van der Waals surface area contributed by atoms with Gasteiger partial charge in [-0.05, 0) is 11.0 Å². The molecule has 3 rings (SSSR count). The summed E-state index contributed by atoms with van der Waals surface area (Å²) in [7, 11) is 2.03. The van der Waals surface area contributed by atoms with Gasteiger partial charge in [-0.15, -0.1) is 11.8 Å². The monoisotopic (exact) mass is 231 g/mol. The molecule has 1 atom stereocenters. The number of amidine groups is 1. The van der Waals surface area contributed by atoms with Crippen LogP contribution in [0.3, 0.4) is 0 Å². The predicted octanol–water partition coefficient (Wildman–Crippen LogP) is 2.46. The van der Waals surface area contributed by atoms with Crippen molar-refractivity contribution in [3.05, 3.63) is 47.5 Å². The minimum Gasteiger partial charge on any atom is -0.307 e. The van der Waals surface area contributed by atoms with Crippen LogP contribution in [0.2, 0.25) is 0 Å². The predicted molar refractivity (Wildman–Crippen MR) is 67.8 cm³/mol. The SMILES string of the molecule is CN1N=C2CSC=CN2C1c1ccccc1. The summed E-state index contributed by atoms with van der Waals surface area (Å²) in [5.74, 6) is 2.10. The number of nitrogens with zero attached hydrogens (tertiary/aromatic N) is 3. The van der Waals surface area contributed by atoms with E-state index in [1.807, 2.05) is 18.1 Å². The molecule has 0 bridgehead atoms. The van der Waals surface area contributed by atoms with Gasteiger partial charge in [0.15, 0.2) is 0 Å². The van der Waals surface area contributed by atoms with Gasteiger partial charge in [0.1, 0.15) is 12.0 Å². The topological polar surface area (TPSA) is 18.8 Å². The molecule has 0 saturated carbocycles. The summed E-state index contributed by atoms with van der Waals surface area (Å²) in [6.07, 6.45) is 2.34. The Bertz CT molecular complexity index is 441. The summed E-state index contributed by atoms with van der Waals surface area (Å²) >= 11 is 1.79. The minimum absolute atomic E-state index is 0.216. The van der Waals surface area contributed by atoms with Crippen molar-refractivity contribution in [2.75, 3.05) is 12.8 Å². The van der Waals surface area contributed by atoms with E-state index in [1.54, 1.807) is 11.8 Å². The summed E-state index contributed by atoms with van der Waals surface area (Å²) in [5.41, 5.74) is 1.28. The molecule has 0 amide bonds. The molecule has 0 fully saturated rings. The molecule has 1 unspecified atom stereocenters. The van der Waals surface area contributed by atoms with E-state index in [0.29, 0.717) is 0 Å². The van der Waals surface area contributed by atoms with Crippen molar-refractivity contribution < 1.29 is 0 Å². The number of hydrogen-bond acceptors (Lipinski definition) is 4. The number of fused-ring (bicyclic) bond motifs is 1. The summed E-state index contributed by atoms with van der Waals surface area (Å²) in [4.78, 5) is 2.24. The number of rotatable bonds is 1. The Balaban J connectivity index is 1.97. The van der Waals surface area contributed by atoms with Gasteiger partial charge in [-0.2, -0.15) is 5.10 Å². The zero-order chi connectivity index (χ0) is 11.0. The fourth-order valence-electron chi connectivity index (χ4n) is 2.11. The number of hydrazone groups is 1. The van der Waals surface area contributed by atoms with Gasteiger partial charge < -0.3 is 4.90 Å². The van der Waals surface area contributed by atoms with Gasteiger partial charge in [0.05, 0.1) is 5.75 Å². The third-order valence-corrected chi connectivity index (χ3v) is 3.56. The fraction of sp³-hybridized carbons (Fsp3) is 0.250. The van der Waals surface area contributed by atoms with Crippen molar-refractivity contribution in [2.24, 2.45) is 5.10 Å². The molecule has 2 aliphatic heterocycles. The van der Waals surface area contributed by atoms with E-state index in [9.17, 15) is 0 Å². The first-order chi connectivity index (χ1) is 7.86. The Morgan fingerprint density at radius 1 is 1.31 bits per heavy atom. The molecule has 0 aliphatic carbocycles. The van der Waals surface area contributed by atoms with E-state index < -0.39 is 0 Å². The molecule has 2 heterocycles. The molecule has 0 N–H and O–H groups in total. The first-order valence-corrected chi connectivity index (χ1v) is 6.33. The molecule has 4 heteroatoms. The highest BCUT2D eigenvalue weighted by molar-refractivity contribution is 8.02. The summed E-state index contributed by atoms with van der Waals surface area (Å²) in [6, 6.07) is 10.5. The van der Waals surface area contributed by atoms with Gasteiger partial charge in [-0.1, -0.05) is 30.3 Å². The second-order valence-corrected chi connectivity index (χ2v) is 4.77. The molecule has 1 aromatic rings. The number of benzene rings is 1. The van der Waals surface area contributed by atoms with Crippen LogP contribution >= 0.6 is 11.8 Å². The van der Waals surface area contributed by atoms with Gasteiger partial charge in [0, 0.05) is 13.2 Å². The van der Waals surface area contributed by atoms with Gasteiger partial charge >= 0.3 is 0 Å². The second kappa shape index (κ2) is 3.87.